The normalized spacial score (nSPS) is 11.1. The van der Waals surface area contributed by atoms with E-state index in [1.165, 1.54) is 23.1 Å². The molecule has 0 spiro atoms. The van der Waals surface area contributed by atoms with Crippen molar-refractivity contribution >= 4 is 0 Å². The summed E-state index contributed by atoms with van der Waals surface area (Å²) in [6.45, 7) is 6.54. The molecular formula is C15H22. The van der Waals surface area contributed by atoms with Crippen molar-refractivity contribution in [1.82, 2.24) is 0 Å². The van der Waals surface area contributed by atoms with E-state index < -0.39 is 0 Å². The molecule has 0 radical (unpaired) electrons. The maximum absolute atomic E-state index is 2.38. The summed E-state index contributed by atoms with van der Waals surface area (Å²) in [6, 6.07) is 6.93. The third kappa shape index (κ3) is 3.54. The Balaban J connectivity index is 2.81. The molecule has 0 aromatic heterocycles. The molecule has 0 saturated carbocycles. The first-order valence-electron chi connectivity index (χ1n) is 6.03. The Bertz CT molecular complexity index is 321. The van der Waals surface area contributed by atoms with E-state index in [2.05, 4.69) is 51.1 Å². The number of hydrogen-bond donors (Lipinski definition) is 0. The van der Waals surface area contributed by atoms with Gasteiger partial charge in [0.2, 0.25) is 0 Å². The molecule has 0 saturated heterocycles. The van der Waals surface area contributed by atoms with Crippen molar-refractivity contribution in [2.24, 2.45) is 0 Å². The van der Waals surface area contributed by atoms with Gasteiger partial charge in [0, 0.05) is 0 Å². The molecule has 0 aliphatic carbocycles. The fourth-order valence-electron chi connectivity index (χ4n) is 1.88. The van der Waals surface area contributed by atoms with E-state index in [0.717, 1.165) is 19.3 Å². The van der Waals surface area contributed by atoms with Crippen LogP contribution in [0.15, 0.2) is 30.4 Å². The molecule has 0 amide bonds. The van der Waals surface area contributed by atoms with Crippen molar-refractivity contribution < 1.29 is 0 Å². The highest BCUT2D eigenvalue weighted by molar-refractivity contribution is 5.32. The molecule has 1 aromatic carbocycles. The molecular weight excluding hydrogens is 180 g/mol. The average molecular weight is 202 g/mol. The van der Waals surface area contributed by atoms with Crippen LogP contribution in [-0.2, 0) is 19.3 Å². The van der Waals surface area contributed by atoms with Crippen LogP contribution in [0.4, 0.5) is 0 Å². The van der Waals surface area contributed by atoms with E-state index in [9.17, 15) is 0 Å². The topological polar surface area (TPSA) is 0 Å². The second-order valence-corrected chi connectivity index (χ2v) is 3.92. The van der Waals surface area contributed by atoms with Crippen LogP contribution < -0.4 is 0 Å². The molecule has 0 heterocycles. The van der Waals surface area contributed by atoms with Gasteiger partial charge in [0.25, 0.3) is 0 Å². The fraction of sp³-hybridized carbons (Fsp3) is 0.467. The van der Waals surface area contributed by atoms with Gasteiger partial charge in [-0.1, -0.05) is 44.2 Å². The molecule has 0 unspecified atom stereocenters. The first kappa shape index (κ1) is 12.0. The summed E-state index contributed by atoms with van der Waals surface area (Å²) in [7, 11) is 0. The Labute approximate surface area is 94.0 Å². The van der Waals surface area contributed by atoms with Gasteiger partial charge >= 0.3 is 0 Å². The molecule has 0 aliphatic heterocycles. The van der Waals surface area contributed by atoms with Gasteiger partial charge < -0.3 is 0 Å². The minimum Gasteiger partial charge on any atom is -0.0917 e. The molecule has 0 heteroatoms. The van der Waals surface area contributed by atoms with Crippen LogP contribution in [0, 0.1) is 0 Å². The van der Waals surface area contributed by atoms with Crippen molar-refractivity contribution in [2.75, 3.05) is 0 Å². The van der Waals surface area contributed by atoms with E-state index in [1.54, 1.807) is 0 Å². The van der Waals surface area contributed by atoms with Crippen molar-refractivity contribution in [3.63, 3.8) is 0 Å². The van der Waals surface area contributed by atoms with Gasteiger partial charge in [-0.15, -0.1) is 0 Å². The van der Waals surface area contributed by atoms with Gasteiger partial charge in [-0.3, -0.25) is 0 Å². The number of allylic oxidation sites excluding steroid dienone is 2. The molecule has 1 rings (SSSR count). The molecule has 82 valence electrons. The van der Waals surface area contributed by atoms with Gasteiger partial charge in [0.15, 0.2) is 0 Å². The Morgan fingerprint density at radius 2 is 1.87 bits per heavy atom. The molecule has 0 bridgehead atoms. The summed E-state index contributed by atoms with van der Waals surface area (Å²) in [6.07, 6.45) is 9.02. The summed E-state index contributed by atoms with van der Waals surface area (Å²) in [5.74, 6) is 0. The third-order valence-electron chi connectivity index (χ3n) is 2.88. The first-order valence-corrected chi connectivity index (χ1v) is 6.03. The molecule has 1 aromatic rings. The lowest BCUT2D eigenvalue weighted by atomic mass is 9.97. The largest absolute Gasteiger partial charge is 0.0917 e. The lowest BCUT2D eigenvalue weighted by Gasteiger charge is -2.08. The highest BCUT2D eigenvalue weighted by Crippen LogP contribution is 2.15. The van der Waals surface area contributed by atoms with Crippen LogP contribution in [0.5, 0.6) is 0 Å². The maximum Gasteiger partial charge on any atom is -0.0241 e. The Kier molecular flexibility index (Phi) is 5.17. The molecule has 0 atom stereocenters. The van der Waals surface area contributed by atoms with E-state index in [4.69, 9.17) is 0 Å². The van der Waals surface area contributed by atoms with Crippen molar-refractivity contribution in [1.29, 1.82) is 0 Å². The lowest BCUT2D eigenvalue weighted by Crippen LogP contribution is -1.94. The molecule has 0 nitrogen and oxygen atoms in total. The molecule has 15 heavy (non-hydrogen) atoms. The van der Waals surface area contributed by atoms with Crippen molar-refractivity contribution in [3.8, 4) is 0 Å². The van der Waals surface area contributed by atoms with E-state index in [-0.39, 0.29) is 0 Å². The summed E-state index contributed by atoms with van der Waals surface area (Å²) >= 11 is 0. The molecule has 0 aliphatic rings. The summed E-state index contributed by atoms with van der Waals surface area (Å²) in [4.78, 5) is 0. The van der Waals surface area contributed by atoms with E-state index in [0.29, 0.717) is 0 Å². The quantitative estimate of drug-likeness (QED) is 0.624. The minimum absolute atomic E-state index is 1.14. The minimum atomic E-state index is 1.14. The van der Waals surface area contributed by atoms with Gasteiger partial charge in [-0.05, 0) is 49.3 Å². The smallest absolute Gasteiger partial charge is 0.0241 e. The van der Waals surface area contributed by atoms with E-state index >= 15 is 0 Å². The number of rotatable bonds is 5. The lowest BCUT2D eigenvalue weighted by molar-refractivity contribution is 0.949. The van der Waals surface area contributed by atoms with Crippen LogP contribution in [-0.4, -0.2) is 0 Å². The predicted octanol–water partition coefficient (Wildman–Crippen LogP) is 4.32. The SMILES string of the molecule is C/C=C\CCc1cc(CC)ccc1CC. The molecule has 0 fully saturated rings. The molecule has 0 N–H and O–H groups in total. The standard InChI is InChI=1S/C15H22/c1-4-7-8-9-15-12-13(5-2)10-11-14(15)6-3/h4,7,10-12H,5-6,8-9H2,1-3H3/b7-4-. The van der Waals surface area contributed by atoms with Crippen LogP contribution in [0.2, 0.25) is 0 Å². The zero-order valence-electron chi connectivity index (χ0n) is 10.2. The second-order valence-electron chi connectivity index (χ2n) is 3.92. The number of aryl methyl sites for hydroxylation is 3. The summed E-state index contributed by atoms with van der Waals surface area (Å²) in [5, 5.41) is 0. The monoisotopic (exact) mass is 202 g/mol. The highest BCUT2D eigenvalue weighted by Gasteiger charge is 2.00. The number of benzene rings is 1. The summed E-state index contributed by atoms with van der Waals surface area (Å²) in [5.41, 5.74) is 4.51. The van der Waals surface area contributed by atoms with Crippen molar-refractivity contribution in [2.45, 2.75) is 46.5 Å². The fourth-order valence-corrected chi connectivity index (χ4v) is 1.88. The highest BCUT2D eigenvalue weighted by atomic mass is 14.1. The van der Waals surface area contributed by atoms with Crippen LogP contribution in [0.25, 0.3) is 0 Å². The van der Waals surface area contributed by atoms with Gasteiger partial charge in [0.1, 0.15) is 0 Å². The van der Waals surface area contributed by atoms with Gasteiger partial charge in [0.05, 0.1) is 0 Å². The predicted molar refractivity (Wildman–Crippen MR) is 68.3 cm³/mol. The van der Waals surface area contributed by atoms with Gasteiger partial charge in [-0.25, -0.2) is 0 Å². The third-order valence-corrected chi connectivity index (χ3v) is 2.88. The first-order chi connectivity index (χ1) is 7.31. The van der Waals surface area contributed by atoms with Crippen LogP contribution >= 0.6 is 0 Å². The van der Waals surface area contributed by atoms with Gasteiger partial charge in [-0.2, -0.15) is 0 Å². The second kappa shape index (κ2) is 6.44. The maximum atomic E-state index is 2.38. The van der Waals surface area contributed by atoms with Crippen LogP contribution in [0.1, 0.15) is 43.9 Å². The van der Waals surface area contributed by atoms with Crippen LogP contribution in [0.3, 0.4) is 0 Å². The Morgan fingerprint density at radius 3 is 2.47 bits per heavy atom. The zero-order valence-corrected chi connectivity index (χ0v) is 10.2. The van der Waals surface area contributed by atoms with Crippen molar-refractivity contribution in [3.05, 3.63) is 47.0 Å². The summed E-state index contributed by atoms with van der Waals surface area (Å²) < 4.78 is 0. The Hall–Kier alpha value is -1.04. The Morgan fingerprint density at radius 1 is 1.07 bits per heavy atom. The number of hydrogen-bond acceptors (Lipinski definition) is 0. The van der Waals surface area contributed by atoms with E-state index in [1.807, 2.05) is 0 Å². The average Bonchev–Trinajstić information content (AvgIpc) is 2.29. The zero-order chi connectivity index (χ0) is 11.1.